The van der Waals surface area contributed by atoms with Gasteiger partial charge in [-0.2, -0.15) is 0 Å². The van der Waals surface area contributed by atoms with Crippen LogP contribution in [0.2, 0.25) is 0 Å². The zero-order valence-electron chi connectivity index (χ0n) is 10.9. The Labute approximate surface area is 140 Å². The van der Waals surface area contributed by atoms with E-state index >= 15 is 0 Å². The van der Waals surface area contributed by atoms with Crippen molar-refractivity contribution in [2.75, 3.05) is 27.2 Å². The minimum atomic E-state index is -0.0333. The first-order valence-electron chi connectivity index (χ1n) is 5.86. The van der Waals surface area contributed by atoms with Crippen molar-refractivity contribution in [1.82, 2.24) is 14.8 Å². The first-order chi connectivity index (χ1) is 8.90. The second-order valence-corrected chi connectivity index (χ2v) is 6.79. The highest BCUT2D eigenvalue weighted by Gasteiger charge is 2.06. The number of hydrogen-bond donors (Lipinski definition) is 1. The van der Waals surface area contributed by atoms with Gasteiger partial charge in [0.05, 0.1) is 7.14 Å². The number of amides is 1. The van der Waals surface area contributed by atoms with Gasteiger partial charge < -0.3 is 14.8 Å². The number of nitrogens with one attached hydrogen (secondary N) is 1. The summed E-state index contributed by atoms with van der Waals surface area (Å²) in [5.41, 5.74) is 0.0174. The van der Waals surface area contributed by atoms with E-state index in [1.165, 1.54) is 0 Å². The molecular formula is C12H17I2N3O2. The predicted molar refractivity (Wildman–Crippen MR) is 92.3 cm³/mol. The molecule has 1 heterocycles. The van der Waals surface area contributed by atoms with E-state index in [-0.39, 0.29) is 17.9 Å². The molecule has 0 saturated carbocycles. The molecule has 0 aromatic carbocycles. The fourth-order valence-electron chi connectivity index (χ4n) is 1.50. The van der Waals surface area contributed by atoms with Crippen LogP contribution in [0.4, 0.5) is 0 Å². The van der Waals surface area contributed by atoms with Gasteiger partial charge in [0.2, 0.25) is 11.3 Å². The van der Waals surface area contributed by atoms with E-state index in [0.717, 1.165) is 13.0 Å². The molecule has 106 valence electrons. The van der Waals surface area contributed by atoms with Crippen LogP contribution in [-0.4, -0.2) is 42.6 Å². The zero-order valence-corrected chi connectivity index (χ0v) is 15.3. The van der Waals surface area contributed by atoms with Gasteiger partial charge in [0.25, 0.3) is 0 Å². The van der Waals surface area contributed by atoms with E-state index in [9.17, 15) is 9.59 Å². The van der Waals surface area contributed by atoms with Crippen LogP contribution < -0.4 is 10.7 Å². The fraction of sp³-hybridized carbons (Fsp3) is 0.500. The van der Waals surface area contributed by atoms with E-state index < -0.39 is 0 Å². The highest BCUT2D eigenvalue weighted by Crippen LogP contribution is 2.03. The number of carbonyl (C=O) groups excluding carboxylic acids is 1. The van der Waals surface area contributed by atoms with Crippen molar-refractivity contribution in [3.05, 3.63) is 29.8 Å². The molecule has 0 aliphatic heterocycles. The Balaban J connectivity index is 2.47. The quantitative estimate of drug-likeness (QED) is 0.482. The molecule has 5 nitrogen and oxygen atoms in total. The summed E-state index contributed by atoms with van der Waals surface area (Å²) in [4.78, 5) is 25.4. The van der Waals surface area contributed by atoms with Gasteiger partial charge in [0.1, 0.15) is 6.54 Å². The van der Waals surface area contributed by atoms with Crippen LogP contribution in [-0.2, 0) is 11.3 Å². The van der Waals surface area contributed by atoms with E-state index in [1.807, 2.05) is 59.3 Å². The molecule has 0 unspecified atom stereocenters. The molecule has 1 aromatic rings. The molecule has 0 aliphatic rings. The lowest BCUT2D eigenvalue weighted by Crippen LogP contribution is -2.30. The third-order valence-electron chi connectivity index (χ3n) is 2.42. The summed E-state index contributed by atoms with van der Waals surface area (Å²) in [6.45, 7) is 1.87. The van der Waals surface area contributed by atoms with Crippen LogP contribution >= 0.6 is 45.2 Å². The normalized spacial score (nSPS) is 10.8. The summed E-state index contributed by atoms with van der Waals surface area (Å²) < 4.78 is 3.00. The minimum absolute atomic E-state index is 0.0174. The minimum Gasteiger partial charge on any atom is -0.355 e. The standard InChI is InChI=1S/C12H17I2N3O2/c1-16(2)5-3-4-15-11(18)8-17-6-9(13)12(19)10(14)7-17/h6-7H,3-5,8H2,1-2H3,(H,15,18). The number of carbonyl (C=O) groups is 1. The average Bonchev–Trinajstić information content (AvgIpc) is 2.31. The Kier molecular flexibility index (Phi) is 7.29. The van der Waals surface area contributed by atoms with Gasteiger partial charge in [0.15, 0.2) is 0 Å². The molecule has 0 saturated heterocycles. The summed E-state index contributed by atoms with van der Waals surface area (Å²) in [6.07, 6.45) is 4.33. The molecule has 0 fully saturated rings. The van der Waals surface area contributed by atoms with Gasteiger partial charge >= 0.3 is 0 Å². The summed E-state index contributed by atoms with van der Waals surface area (Å²) in [6, 6.07) is 0. The largest absolute Gasteiger partial charge is 0.355 e. The van der Waals surface area contributed by atoms with Crippen molar-refractivity contribution in [3.63, 3.8) is 0 Å². The Hall–Kier alpha value is -0.160. The number of aromatic nitrogens is 1. The van der Waals surface area contributed by atoms with Gasteiger partial charge in [-0.25, -0.2) is 0 Å². The van der Waals surface area contributed by atoms with Crippen LogP contribution in [0.25, 0.3) is 0 Å². The molecule has 7 heteroatoms. The second-order valence-electron chi connectivity index (χ2n) is 4.46. The van der Waals surface area contributed by atoms with E-state index in [0.29, 0.717) is 13.7 Å². The summed E-state index contributed by atoms with van der Waals surface area (Å²) in [7, 11) is 4.01. The smallest absolute Gasteiger partial charge is 0.239 e. The molecule has 1 amide bonds. The van der Waals surface area contributed by atoms with Crippen LogP contribution in [0.1, 0.15) is 6.42 Å². The van der Waals surface area contributed by atoms with Gasteiger partial charge in [-0.05, 0) is 72.2 Å². The van der Waals surface area contributed by atoms with Crippen LogP contribution in [0.3, 0.4) is 0 Å². The van der Waals surface area contributed by atoms with Gasteiger partial charge in [0, 0.05) is 18.9 Å². The van der Waals surface area contributed by atoms with E-state index in [2.05, 4.69) is 10.2 Å². The van der Waals surface area contributed by atoms with E-state index in [1.54, 1.807) is 17.0 Å². The number of halogens is 2. The maximum absolute atomic E-state index is 11.7. The van der Waals surface area contributed by atoms with Crippen LogP contribution in [0.15, 0.2) is 17.2 Å². The highest BCUT2D eigenvalue weighted by molar-refractivity contribution is 14.1. The van der Waals surface area contributed by atoms with Crippen molar-refractivity contribution < 1.29 is 4.79 Å². The number of nitrogens with zero attached hydrogens (tertiary/aromatic N) is 2. The number of rotatable bonds is 6. The Morgan fingerprint density at radius 2 is 1.89 bits per heavy atom. The highest BCUT2D eigenvalue weighted by atomic mass is 127. The van der Waals surface area contributed by atoms with Crippen molar-refractivity contribution in [3.8, 4) is 0 Å². The van der Waals surface area contributed by atoms with Crippen molar-refractivity contribution in [2.45, 2.75) is 13.0 Å². The molecule has 19 heavy (non-hydrogen) atoms. The fourth-order valence-corrected chi connectivity index (χ4v) is 3.31. The Bertz CT molecular complexity index is 474. The predicted octanol–water partition coefficient (Wildman–Crippen LogP) is 1.13. The lowest BCUT2D eigenvalue weighted by molar-refractivity contribution is -0.121. The Morgan fingerprint density at radius 1 is 1.32 bits per heavy atom. The molecule has 0 atom stereocenters. The van der Waals surface area contributed by atoms with Crippen molar-refractivity contribution in [2.24, 2.45) is 0 Å². The maximum atomic E-state index is 11.7. The molecule has 1 N–H and O–H groups in total. The van der Waals surface area contributed by atoms with E-state index in [4.69, 9.17) is 0 Å². The van der Waals surface area contributed by atoms with Crippen molar-refractivity contribution in [1.29, 1.82) is 0 Å². The molecule has 0 aliphatic carbocycles. The third-order valence-corrected chi connectivity index (χ3v) is 3.96. The van der Waals surface area contributed by atoms with Crippen molar-refractivity contribution >= 4 is 51.1 Å². The monoisotopic (exact) mass is 489 g/mol. The van der Waals surface area contributed by atoms with Gasteiger partial charge in [-0.1, -0.05) is 0 Å². The van der Waals surface area contributed by atoms with Crippen LogP contribution in [0.5, 0.6) is 0 Å². The summed E-state index contributed by atoms with van der Waals surface area (Å²) >= 11 is 3.98. The lowest BCUT2D eigenvalue weighted by atomic mass is 10.4. The summed E-state index contributed by atoms with van der Waals surface area (Å²) in [5.74, 6) is -0.0333. The molecular weight excluding hydrogens is 472 g/mol. The molecule has 1 aromatic heterocycles. The first kappa shape index (κ1) is 16.9. The Morgan fingerprint density at radius 3 is 2.42 bits per heavy atom. The lowest BCUT2D eigenvalue weighted by Gasteiger charge is -2.11. The van der Waals surface area contributed by atoms with Crippen LogP contribution in [0, 0.1) is 7.14 Å². The maximum Gasteiger partial charge on any atom is 0.239 e. The SMILES string of the molecule is CN(C)CCCNC(=O)Cn1cc(I)c(=O)c(I)c1. The van der Waals surface area contributed by atoms with Gasteiger partial charge in [-0.15, -0.1) is 0 Å². The second kappa shape index (κ2) is 8.20. The number of pyridine rings is 1. The molecule has 0 bridgehead atoms. The molecule has 0 radical (unpaired) electrons. The number of hydrogen-bond acceptors (Lipinski definition) is 3. The van der Waals surface area contributed by atoms with Gasteiger partial charge in [-0.3, -0.25) is 9.59 Å². The summed E-state index contributed by atoms with van der Waals surface area (Å²) in [5, 5.41) is 2.87. The zero-order chi connectivity index (χ0) is 14.4. The topological polar surface area (TPSA) is 54.3 Å². The molecule has 0 spiro atoms. The third kappa shape index (κ3) is 6.21. The first-order valence-corrected chi connectivity index (χ1v) is 8.02. The molecule has 1 rings (SSSR count). The average molecular weight is 489 g/mol.